The molecule has 0 saturated heterocycles. The molecule has 1 rings (SSSR count). The summed E-state index contributed by atoms with van der Waals surface area (Å²) in [4.78, 5) is 0. The van der Waals surface area contributed by atoms with E-state index in [4.69, 9.17) is 0 Å². The van der Waals surface area contributed by atoms with Gasteiger partial charge in [-0.3, -0.25) is 0 Å². The van der Waals surface area contributed by atoms with Gasteiger partial charge in [0.2, 0.25) is 0 Å². The summed E-state index contributed by atoms with van der Waals surface area (Å²) in [5.41, 5.74) is 1.02. The van der Waals surface area contributed by atoms with Gasteiger partial charge in [-0.2, -0.15) is 0 Å². The average Bonchev–Trinajstić information content (AvgIpc) is 2.53. The summed E-state index contributed by atoms with van der Waals surface area (Å²) in [5, 5.41) is 0. The second-order valence-electron chi connectivity index (χ2n) is 6.88. The van der Waals surface area contributed by atoms with E-state index in [-0.39, 0.29) is 0 Å². The molecule has 15 heavy (non-hydrogen) atoms. The molecule has 1 saturated carbocycles. The highest BCUT2D eigenvalue weighted by molar-refractivity contribution is 4.91. The van der Waals surface area contributed by atoms with Crippen molar-refractivity contribution >= 4 is 0 Å². The molecule has 92 valence electrons. The van der Waals surface area contributed by atoms with Crippen molar-refractivity contribution in [2.24, 2.45) is 22.7 Å². The molecule has 0 heteroatoms. The number of hydrogen-bond donors (Lipinski definition) is 0. The SMILES string of the molecule is CC.CC(C)(C)[C@H]1CCC[C@@H]1C(C)(C)C. The van der Waals surface area contributed by atoms with Gasteiger partial charge < -0.3 is 0 Å². The van der Waals surface area contributed by atoms with Crippen LogP contribution in [0, 0.1) is 22.7 Å². The number of rotatable bonds is 0. The summed E-state index contributed by atoms with van der Waals surface area (Å²) in [6.07, 6.45) is 4.35. The Labute approximate surface area is 97.8 Å². The molecule has 2 atom stereocenters. The second-order valence-corrected chi connectivity index (χ2v) is 6.88. The van der Waals surface area contributed by atoms with E-state index in [1.165, 1.54) is 19.3 Å². The molecule has 0 aromatic rings. The minimum Gasteiger partial charge on any atom is -0.0683 e. The summed E-state index contributed by atoms with van der Waals surface area (Å²) in [6, 6.07) is 0. The van der Waals surface area contributed by atoms with Crippen LogP contribution < -0.4 is 0 Å². The van der Waals surface area contributed by atoms with E-state index in [0.29, 0.717) is 10.8 Å². The van der Waals surface area contributed by atoms with Crippen molar-refractivity contribution in [1.29, 1.82) is 0 Å². The van der Waals surface area contributed by atoms with Crippen LogP contribution in [0.25, 0.3) is 0 Å². The van der Waals surface area contributed by atoms with E-state index in [1.807, 2.05) is 13.8 Å². The van der Waals surface area contributed by atoms with Crippen LogP contribution in [-0.2, 0) is 0 Å². The van der Waals surface area contributed by atoms with E-state index in [1.54, 1.807) is 0 Å². The zero-order chi connectivity index (χ0) is 12.3. The van der Waals surface area contributed by atoms with Crippen molar-refractivity contribution in [2.45, 2.75) is 74.7 Å². The minimum atomic E-state index is 0.508. The van der Waals surface area contributed by atoms with E-state index in [0.717, 1.165) is 11.8 Å². The lowest BCUT2D eigenvalue weighted by Gasteiger charge is -2.39. The van der Waals surface area contributed by atoms with Gasteiger partial charge in [0.1, 0.15) is 0 Å². The van der Waals surface area contributed by atoms with Crippen LogP contribution in [0.3, 0.4) is 0 Å². The van der Waals surface area contributed by atoms with Crippen molar-refractivity contribution in [1.82, 2.24) is 0 Å². The molecule has 1 aliphatic rings. The largest absolute Gasteiger partial charge is 0.0683 e. The molecular weight excluding hydrogens is 180 g/mol. The van der Waals surface area contributed by atoms with Crippen LogP contribution in [0.15, 0.2) is 0 Å². The topological polar surface area (TPSA) is 0 Å². The molecule has 0 unspecified atom stereocenters. The van der Waals surface area contributed by atoms with Gasteiger partial charge in [0.05, 0.1) is 0 Å². The van der Waals surface area contributed by atoms with Gasteiger partial charge in [0.25, 0.3) is 0 Å². The summed E-state index contributed by atoms with van der Waals surface area (Å²) in [5.74, 6) is 1.87. The molecule has 0 bridgehead atoms. The molecule has 0 aromatic carbocycles. The molecule has 0 N–H and O–H groups in total. The maximum Gasteiger partial charge on any atom is -0.0332 e. The van der Waals surface area contributed by atoms with Crippen molar-refractivity contribution in [2.75, 3.05) is 0 Å². The Morgan fingerprint density at radius 3 is 1.13 bits per heavy atom. The molecule has 1 aliphatic carbocycles. The lowest BCUT2D eigenvalue weighted by atomic mass is 9.66. The van der Waals surface area contributed by atoms with Crippen molar-refractivity contribution in [3.8, 4) is 0 Å². The highest BCUT2D eigenvalue weighted by atomic mass is 14.5. The van der Waals surface area contributed by atoms with Crippen molar-refractivity contribution < 1.29 is 0 Å². The van der Waals surface area contributed by atoms with Crippen LogP contribution in [0.2, 0.25) is 0 Å². The molecule has 0 aliphatic heterocycles. The Hall–Kier alpha value is 0. The predicted molar refractivity (Wildman–Crippen MR) is 71.1 cm³/mol. The summed E-state index contributed by atoms with van der Waals surface area (Å²) in [7, 11) is 0. The Balaban J connectivity index is 0.000000921. The van der Waals surface area contributed by atoms with Crippen LogP contribution in [0.1, 0.15) is 74.7 Å². The van der Waals surface area contributed by atoms with Gasteiger partial charge in [0.15, 0.2) is 0 Å². The van der Waals surface area contributed by atoms with Crippen LogP contribution in [0.4, 0.5) is 0 Å². The Morgan fingerprint density at radius 1 is 0.667 bits per heavy atom. The first-order valence-electron chi connectivity index (χ1n) is 6.73. The fourth-order valence-electron chi connectivity index (χ4n) is 3.03. The van der Waals surface area contributed by atoms with Gasteiger partial charge in [0, 0.05) is 0 Å². The van der Waals surface area contributed by atoms with Gasteiger partial charge in [-0.15, -0.1) is 0 Å². The van der Waals surface area contributed by atoms with Crippen LogP contribution >= 0.6 is 0 Å². The molecule has 0 heterocycles. The number of hydrogen-bond acceptors (Lipinski definition) is 0. The smallest absolute Gasteiger partial charge is 0.0332 e. The Kier molecular flexibility index (Phi) is 5.37. The summed E-state index contributed by atoms with van der Waals surface area (Å²) in [6.45, 7) is 18.4. The normalized spacial score (nSPS) is 27.2. The molecular formula is C15H32. The lowest BCUT2D eigenvalue weighted by molar-refractivity contribution is 0.0992. The molecule has 0 amide bonds. The molecule has 1 fully saturated rings. The predicted octanol–water partition coefficient (Wildman–Crippen LogP) is 5.52. The first-order chi connectivity index (χ1) is 6.73. The third kappa shape index (κ3) is 4.17. The zero-order valence-electron chi connectivity index (χ0n) is 12.3. The van der Waals surface area contributed by atoms with Gasteiger partial charge >= 0.3 is 0 Å². The summed E-state index contributed by atoms with van der Waals surface area (Å²) < 4.78 is 0. The van der Waals surface area contributed by atoms with E-state index >= 15 is 0 Å². The minimum absolute atomic E-state index is 0.508. The standard InChI is InChI=1S/C13H26.C2H6/c1-12(2,3)10-8-7-9-11(10)13(4,5)6;1-2/h10-11H,7-9H2,1-6H3;1-2H3/t10-,11-;/m0./s1. The third-order valence-corrected chi connectivity index (χ3v) is 3.74. The third-order valence-electron chi connectivity index (χ3n) is 3.74. The first-order valence-corrected chi connectivity index (χ1v) is 6.73. The fourth-order valence-corrected chi connectivity index (χ4v) is 3.03. The van der Waals surface area contributed by atoms with Gasteiger partial charge in [-0.1, -0.05) is 61.8 Å². The molecule has 0 radical (unpaired) electrons. The Bertz CT molecular complexity index is 145. The quantitative estimate of drug-likeness (QED) is 0.496. The van der Waals surface area contributed by atoms with Crippen LogP contribution in [-0.4, -0.2) is 0 Å². The summed E-state index contributed by atoms with van der Waals surface area (Å²) >= 11 is 0. The van der Waals surface area contributed by atoms with Crippen molar-refractivity contribution in [3.05, 3.63) is 0 Å². The fraction of sp³-hybridized carbons (Fsp3) is 1.00. The first kappa shape index (κ1) is 15.0. The molecule has 0 spiro atoms. The maximum absolute atomic E-state index is 2.40. The van der Waals surface area contributed by atoms with E-state index < -0.39 is 0 Å². The highest BCUT2D eigenvalue weighted by Gasteiger charge is 2.41. The second kappa shape index (κ2) is 5.37. The highest BCUT2D eigenvalue weighted by Crippen LogP contribution is 2.50. The molecule has 0 aromatic heterocycles. The molecule has 0 nitrogen and oxygen atoms in total. The zero-order valence-corrected chi connectivity index (χ0v) is 12.3. The van der Waals surface area contributed by atoms with Gasteiger partial charge in [-0.25, -0.2) is 0 Å². The van der Waals surface area contributed by atoms with Crippen LogP contribution in [0.5, 0.6) is 0 Å². The monoisotopic (exact) mass is 212 g/mol. The van der Waals surface area contributed by atoms with Crippen molar-refractivity contribution in [3.63, 3.8) is 0 Å². The lowest BCUT2D eigenvalue weighted by Crippen LogP contribution is -2.32. The Morgan fingerprint density at radius 2 is 0.933 bits per heavy atom. The maximum atomic E-state index is 2.40. The van der Waals surface area contributed by atoms with Gasteiger partial charge in [-0.05, 0) is 35.5 Å². The van der Waals surface area contributed by atoms with E-state index in [9.17, 15) is 0 Å². The average molecular weight is 212 g/mol. The van der Waals surface area contributed by atoms with E-state index in [2.05, 4.69) is 41.5 Å².